The van der Waals surface area contributed by atoms with Crippen LogP contribution < -0.4 is 9.64 Å². The van der Waals surface area contributed by atoms with Crippen molar-refractivity contribution in [3.05, 3.63) is 51.7 Å². The fourth-order valence-corrected chi connectivity index (χ4v) is 2.58. The van der Waals surface area contributed by atoms with Crippen molar-refractivity contribution < 1.29 is 9.53 Å². The maximum Gasteiger partial charge on any atom is 0.265 e. The summed E-state index contributed by atoms with van der Waals surface area (Å²) in [7, 11) is 0. The summed E-state index contributed by atoms with van der Waals surface area (Å²) in [6.07, 6.45) is 1.62. The molecule has 1 aliphatic rings. The molecular formula is C14H10BrClN2O2. The van der Waals surface area contributed by atoms with Crippen molar-refractivity contribution in [3.8, 4) is 5.75 Å². The van der Waals surface area contributed by atoms with Gasteiger partial charge < -0.3 is 9.64 Å². The molecule has 0 aliphatic carbocycles. The quantitative estimate of drug-likeness (QED) is 0.777. The smallest absolute Gasteiger partial charge is 0.265 e. The zero-order chi connectivity index (χ0) is 14.1. The molecule has 0 saturated carbocycles. The van der Waals surface area contributed by atoms with Gasteiger partial charge in [-0.25, -0.2) is 4.98 Å². The van der Waals surface area contributed by atoms with Crippen LogP contribution in [0.15, 0.2) is 41.0 Å². The molecule has 0 saturated heterocycles. The number of rotatable bonds is 2. The van der Waals surface area contributed by atoms with Crippen LogP contribution >= 0.6 is 27.5 Å². The molecule has 2 heterocycles. The molecular weight excluding hydrogens is 344 g/mol. The average molecular weight is 354 g/mol. The standard InChI is InChI=1S/C14H10BrClN2O2/c15-10-3-4-12-11(6-10)18(13(19)8-20-12)7-9-2-1-5-17-14(9)16/h1-6H,7-8H2. The highest BCUT2D eigenvalue weighted by Crippen LogP contribution is 2.35. The van der Waals surface area contributed by atoms with E-state index in [2.05, 4.69) is 20.9 Å². The molecule has 0 spiro atoms. The van der Waals surface area contributed by atoms with Crippen molar-refractivity contribution in [1.82, 2.24) is 4.98 Å². The Morgan fingerprint density at radius 2 is 2.25 bits per heavy atom. The number of carbonyl (C=O) groups excluding carboxylic acids is 1. The molecule has 0 bridgehead atoms. The second kappa shape index (κ2) is 5.42. The number of benzene rings is 1. The van der Waals surface area contributed by atoms with E-state index in [1.54, 1.807) is 17.2 Å². The first-order valence-corrected chi connectivity index (χ1v) is 7.14. The van der Waals surface area contributed by atoms with Crippen molar-refractivity contribution in [2.24, 2.45) is 0 Å². The number of aromatic nitrogens is 1. The maximum atomic E-state index is 12.1. The lowest BCUT2D eigenvalue weighted by Crippen LogP contribution is -2.38. The van der Waals surface area contributed by atoms with Gasteiger partial charge in [0.15, 0.2) is 6.61 Å². The van der Waals surface area contributed by atoms with E-state index in [9.17, 15) is 4.79 Å². The maximum absolute atomic E-state index is 12.1. The second-order valence-electron chi connectivity index (χ2n) is 4.33. The lowest BCUT2D eigenvalue weighted by atomic mass is 10.2. The Morgan fingerprint density at radius 3 is 3.05 bits per heavy atom. The average Bonchev–Trinajstić information content (AvgIpc) is 2.44. The number of amides is 1. The molecule has 2 aromatic rings. The molecule has 1 aromatic carbocycles. The van der Waals surface area contributed by atoms with Crippen LogP contribution in [0.5, 0.6) is 5.75 Å². The first-order chi connectivity index (χ1) is 9.65. The summed E-state index contributed by atoms with van der Waals surface area (Å²) < 4.78 is 6.31. The highest BCUT2D eigenvalue weighted by Gasteiger charge is 2.26. The van der Waals surface area contributed by atoms with Crippen LogP contribution in [0.2, 0.25) is 5.15 Å². The monoisotopic (exact) mass is 352 g/mol. The number of halogens is 2. The SMILES string of the molecule is O=C1COc2ccc(Br)cc2N1Cc1cccnc1Cl. The zero-order valence-electron chi connectivity index (χ0n) is 10.3. The summed E-state index contributed by atoms with van der Waals surface area (Å²) in [6, 6.07) is 9.23. The Morgan fingerprint density at radius 1 is 1.40 bits per heavy atom. The summed E-state index contributed by atoms with van der Waals surface area (Å²) in [5.41, 5.74) is 1.53. The predicted octanol–water partition coefficient (Wildman–Crippen LogP) is 3.42. The summed E-state index contributed by atoms with van der Waals surface area (Å²) in [5.74, 6) is 0.586. The molecule has 1 amide bonds. The Balaban J connectivity index is 1.99. The van der Waals surface area contributed by atoms with Gasteiger partial charge in [0.2, 0.25) is 0 Å². The summed E-state index contributed by atoms with van der Waals surface area (Å²) in [4.78, 5) is 17.8. The van der Waals surface area contributed by atoms with Crippen molar-refractivity contribution in [2.45, 2.75) is 6.54 Å². The van der Waals surface area contributed by atoms with Crippen LogP contribution in [0.3, 0.4) is 0 Å². The van der Waals surface area contributed by atoms with Crippen molar-refractivity contribution in [1.29, 1.82) is 0 Å². The van der Waals surface area contributed by atoms with Crippen molar-refractivity contribution in [2.75, 3.05) is 11.5 Å². The van der Waals surface area contributed by atoms with Crippen LogP contribution in [0.4, 0.5) is 5.69 Å². The van der Waals surface area contributed by atoms with Gasteiger partial charge >= 0.3 is 0 Å². The molecule has 0 fully saturated rings. The number of pyridine rings is 1. The van der Waals surface area contributed by atoms with E-state index in [-0.39, 0.29) is 12.5 Å². The first-order valence-electron chi connectivity index (χ1n) is 5.97. The Kier molecular flexibility index (Phi) is 3.63. The minimum Gasteiger partial charge on any atom is -0.482 e. The van der Waals surface area contributed by atoms with Gasteiger partial charge in [0.05, 0.1) is 12.2 Å². The number of hydrogen-bond donors (Lipinski definition) is 0. The molecule has 20 heavy (non-hydrogen) atoms. The summed E-state index contributed by atoms with van der Waals surface area (Å²) >= 11 is 9.47. The van der Waals surface area contributed by atoms with Gasteiger partial charge in [0.25, 0.3) is 5.91 Å². The van der Waals surface area contributed by atoms with Gasteiger partial charge in [-0.1, -0.05) is 33.6 Å². The van der Waals surface area contributed by atoms with E-state index < -0.39 is 0 Å². The van der Waals surface area contributed by atoms with Gasteiger partial charge in [-0.2, -0.15) is 0 Å². The number of anilines is 1. The van der Waals surface area contributed by atoms with Crippen molar-refractivity contribution >= 4 is 39.1 Å². The van der Waals surface area contributed by atoms with Crippen molar-refractivity contribution in [3.63, 3.8) is 0 Å². The predicted molar refractivity (Wildman–Crippen MR) is 80.1 cm³/mol. The molecule has 0 unspecified atom stereocenters. The zero-order valence-corrected chi connectivity index (χ0v) is 12.7. The summed E-state index contributed by atoms with van der Waals surface area (Å²) in [5, 5.41) is 0.406. The van der Waals surface area contributed by atoms with E-state index >= 15 is 0 Å². The fraction of sp³-hybridized carbons (Fsp3) is 0.143. The van der Waals surface area contributed by atoms with Crippen LogP contribution in [0, 0.1) is 0 Å². The third-order valence-corrected chi connectivity index (χ3v) is 3.86. The van der Waals surface area contributed by atoms with Crippen LogP contribution in [-0.4, -0.2) is 17.5 Å². The first kappa shape index (κ1) is 13.4. The number of fused-ring (bicyclic) bond motifs is 1. The lowest BCUT2D eigenvalue weighted by molar-refractivity contribution is -0.121. The van der Waals surface area contributed by atoms with Gasteiger partial charge in [0.1, 0.15) is 10.9 Å². The second-order valence-corrected chi connectivity index (χ2v) is 5.61. The minimum absolute atomic E-state index is 0.0342. The Labute approximate surface area is 129 Å². The molecule has 0 atom stereocenters. The number of carbonyl (C=O) groups is 1. The van der Waals surface area contributed by atoms with Gasteiger partial charge in [0, 0.05) is 16.2 Å². The molecule has 0 N–H and O–H groups in total. The van der Waals surface area contributed by atoms with E-state index in [4.69, 9.17) is 16.3 Å². The normalized spacial score (nSPS) is 13.9. The van der Waals surface area contributed by atoms with Crippen LogP contribution in [-0.2, 0) is 11.3 Å². The molecule has 0 radical (unpaired) electrons. The molecule has 3 rings (SSSR count). The lowest BCUT2D eigenvalue weighted by Gasteiger charge is -2.29. The van der Waals surface area contributed by atoms with Crippen LogP contribution in [0.1, 0.15) is 5.56 Å². The van der Waals surface area contributed by atoms with Gasteiger partial charge in [-0.3, -0.25) is 4.79 Å². The molecule has 4 nitrogen and oxygen atoms in total. The number of ether oxygens (including phenoxy) is 1. The number of nitrogens with zero attached hydrogens (tertiary/aromatic N) is 2. The highest BCUT2D eigenvalue weighted by molar-refractivity contribution is 9.10. The van der Waals surface area contributed by atoms with Crippen LogP contribution in [0.25, 0.3) is 0 Å². The largest absolute Gasteiger partial charge is 0.482 e. The van der Waals surface area contributed by atoms with E-state index in [0.717, 1.165) is 15.7 Å². The third kappa shape index (κ3) is 2.51. The highest BCUT2D eigenvalue weighted by atomic mass is 79.9. The van der Waals surface area contributed by atoms with Gasteiger partial charge in [-0.05, 0) is 24.3 Å². The molecule has 6 heteroatoms. The molecule has 1 aliphatic heterocycles. The van der Waals surface area contributed by atoms with E-state index in [1.807, 2.05) is 24.3 Å². The minimum atomic E-state index is -0.101. The van der Waals surface area contributed by atoms with E-state index in [0.29, 0.717) is 17.4 Å². The third-order valence-electron chi connectivity index (χ3n) is 3.03. The summed E-state index contributed by atoms with van der Waals surface area (Å²) in [6.45, 7) is 0.408. The topological polar surface area (TPSA) is 42.4 Å². The van der Waals surface area contributed by atoms with E-state index in [1.165, 1.54) is 0 Å². The number of hydrogen-bond acceptors (Lipinski definition) is 3. The Bertz CT molecular complexity index is 678. The Hall–Kier alpha value is -1.59. The molecule has 1 aromatic heterocycles. The molecule has 102 valence electrons. The van der Waals surface area contributed by atoms with Gasteiger partial charge in [-0.15, -0.1) is 0 Å². The fourth-order valence-electron chi connectivity index (χ4n) is 2.06.